The molecular formula is C20H22N4O5S. The standard InChI is InChI=1S/C20H22N4O5S/c1-13-10-22-18(11-21-13)23-20(25)19(24-29-15-8-9-28-12-15)14-2-4-16(5-3-14)30(26,27)17-6-7-17/h2-5,10-11,15,17H,6-9,12H2,1H3,(H,22,23,25)/b24-19+/t15-/m1/s1. The molecule has 1 aromatic heterocycles. The second-order valence-electron chi connectivity index (χ2n) is 7.30. The Morgan fingerprint density at radius 3 is 2.53 bits per heavy atom. The van der Waals surface area contributed by atoms with E-state index in [4.69, 9.17) is 9.57 Å². The van der Waals surface area contributed by atoms with E-state index in [9.17, 15) is 13.2 Å². The maximum Gasteiger partial charge on any atom is 0.279 e. The molecule has 1 aromatic carbocycles. The minimum absolute atomic E-state index is 0.0136. The van der Waals surface area contributed by atoms with Gasteiger partial charge in [-0.25, -0.2) is 13.4 Å². The van der Waals surface area contributed by atoms with Gasteiger partial charge in [0.05, 0.1) is 41.4 Å². The fraction of sp³-hybridized carbons (Fsp3) is 0.400. The number of benzene rings is 1. The van der Waals surface area contributed by atoms with Crippen molar-refractivity contribution >= 4 is 27.3 Å². The molecule has 0 radical (unpaired) electrons. The number of oxime groups is 1. The summed E-state index contributed by atoms with van der Waals surface area (Å²) in [6.07, 6.45) is 4.81. The van der Waals surface area contributed by atoms with Crippen LogP contribution in [0.2, 0.25) is 0 Å². The first-order valence-electron chi connectivity index (χ1n) is 9.69. The predicted molar refractivity (Wildman–Crippen MR) is 109 cm³/mol. The van der Waals surface area contributed by atoms with Crippen molar-refractivity contribution in [1.82, 2.24) is 9.97 Å². The molecule has 2 heterocycles. The molecule has 9 nitrogen and oxygen atoms in total. The van der Waals surface area contributed by atoms with Crippen molar-refractivity contribution in [3.05, 3.63) is 47.9 Å². The SMILES string of the molecule is Cc1cnc(NC(=O)/C(=N/O[C@@H]2CCOC2)c2ccc(S(=O)(=O)C3CC3)cc2)cn1. The topological polar surface area (TPSA) is 120 Å². The molecule has 1 amide bonds. The molecule has 1 saturated heterocycles. The maximum absolute atomic E-state index is 12.9. The van der Waals surface area contributed by atoms with Gasteiger partial charge in [0.2, 0.25) is 0 Å². The van der Waals surface area contributed by atoms with E-state index >= 15 is 0 Å². The van der Waals surface area contributed by atoms with Crippen LogP contribution in [0.15, 0.2) is 46.7 Å². The van der Waals surface area contributed by atoms with Crippen LogP contribution in [0.1, 0.15) is 30.5 Å². The molecule has 0 spiro atoms. The highest BCUT2D eigenvalue weighted by Gasteiger charge is 2.36. The van der Waals surface area contributed by atoms with Gasteiger partial charge in [0.15, 0.2) is 27.5 Å². The van der Waals surface area contributed by atoms with Crippen LogP contribution in [0, 0.1) is 6.92 Å². The Bertz CT molecular complexity index is 1040. The molecule has 2 aromatic rings. The smallest absolute Gasteiger partial charge is 0.279 e. The van der Waals surface area contributed by atoms with E-state index in [2.05, 4.69) is 20.4 Å². The largest absolute Gasteiger partial charge is 0.389 e. The highest BCUT2D eigenvalue weighted by atomic mass is 32.2. The molecule has 0 unspecified atom stereocenters. The number of carbonyl (C=O) groups excluding carboxylic acids is 1. The number of aryl methyl sites for hydroxylation is 1. The van der Waals surface area contributed by atoms with Gasteiger partial charge in [0.25, 0.3) is 5.91 Å². The fourth-order valence-electron chi connectivity index (χ4n) is 2.95. The molecule has 10 heteroatoms. The van der Waals surface area contributed by atoms with Gasteiger partial charge in [-0.2, -0.15) is 0 Å². The average Bonchev–Trinajstić information content (AvgIpc) is 3.48. The summed E-state index contributed by atoms with van der Waals surface area (Å²) < 4.78 is 30.1. The summed E-state index contributed by atoms with van der Waals surface area (Å²) in [7, 11) is -3.31. The van der Waals surface area contributed by atoms with E-state index < -0.39 is 15.7 Å². The summed E-state index contributed by atoms with van der Waals surface area (Å²) in [6.45, 7) is 2.77. The van der Waals surface area contributed by atoms with Gasteiger partial charge in [-0.3, -0.25) is 9.78 Å². The van der Waals surface area contributed by atoms with Gasteiger partial charge < -0.3 is 14.9 Å². The molecule has 1 saturated carbocycles. The average molecular weight is 430 g/mol. The molecule has 0 bridgehead atoms. The number of hydrogen-bond acceptors (Lipinski definition) is 8. The Hall–Kier alpha value is -2.85. The first-order valence-corrected chi connectivity index (χ1v) is 11.2. The fourth-order valence-corrected chi connectivity index (χ4v) is 4.61. The molecule has 2 fully saturated rings. The summed E-state index contributed by atoms with van der Waals surface area (Å²) in [4.78, 5) is 26.8. The van der Waals surface area contributed by atoms with E-state index in [1.165, 1.54) is 24.5 Å². The van der Waals surface area contributed by atoms with Crippen molar-refractivity contribution < 1.29 is 22.8 Å². The predicted octanol–water partition coefficient (Wildman–Crippen LogP) is 1.87. The zero-order valence-electron chi connectivity index (χ0n) is 16.4. The van der Waals surface area contributed by atoms with Crippen LogP contribution in [0.3, 0.4) is 0 Å². The number of carbonyl (C=O) groups is 1. The number of sulfone groups is 1. The molecule has 1 atom stereocenters. The third-order valence-electron chi connectivity index (χ3n) is 4.84. The zero-order chi connectivity index (χ0) is 21.1. The van der Waals surface area contributed by atoms with Crippen LogP contribution in [-0.2, 0) is 24.2 Å². The highest BCUT2D eigenvalue weighted by molar-refractivity contribution is 7.92. The number of hydrogen-bond donors (Lipinski definition) is 1. The van der Waals surface area contributed by atoms with E-state index in [0.29, 0.717) is 38.0 Å². The van der Waals surface area contributed by atoms with Gasteiger partial charge >= 0.3 is 0 Å². The third kappa shape index (κ3) is 4.65. The van der Waals surface area contributed by atoms with Crippen LogP contribution in [0.5, 0.6) is 0 Å². The van der Waals surface area contributed by atoms with Crippen LogP contribution in [0.25, 0.3) is 0 Å². The molecule has 1 aliphatic carbocycles. The van der Waals surface area contributed by atoms with Gasteiger partial charge in [0, 0.05) is 12.0 Å². The van der Waals surface area contributed by atoms with Crippen molar-refractivity contribution in [1.29, 1.82) is 0 Å². The number of rotatable bonds is 7. The van der Waals surface area contributed by atoms with Crippen molar-refractivity contribution in [2.45, 2.75) is 42.4 Å². The molecule has 30 heavy (non-hydrogen) atoms. The highest BCUT2D eigenvalue weighted by Crippen LogP contribution is 2.33. The lowest BCUT2D eigenvalue weighted by Gasteiger charge is -2.11. The number of nitrogens with one attached hydrogen (secondary N) is 1. The number of anilines is 1. The van der Waals surface area contributed by atoms with Crippen LogP contribution >= 0.6 is 0 Å². The number of amides is 1. The third-order valence-corrected chi connectivity index (χ3v) is 7.12. The number of aromatic nitrogens is 2. The van der Waals surface area contributed by atoms with Gasteiger partial charge in [0.1, 0.15) is 0 Å². The number of ether oxygens (including phenoxy) is 1. The first-order chi connectivity index (χ1) is 14.4. The molecular weight excluding hydrogens is 408 g/mol. The lowest BCUT2D eigenvalue weighted by atomic mass is 10.1. The summed E-state index contributed by atoms with van der Waals surface area (Å²) in [5, 5.41) is 6.40. The van der Waals surface area contributed by atoms with Crippen LogP contribution in [-0.4, -0.2) is 54.6 Å². The monoisotopic (exact) mass is 430 g/mol. The molecule has 4 rings (SSSR count). The van der Waals surface area contributed by atoms with Crippen LogP contribution < -0.4 is 5.32 Å². The van der Waals surface area contributed by atoms with E-state index in [-0.39, 0.29) is 27.8 Å². The Morgan fingerprint density at radius 1 is 1.17 bits per heavy atom. The second kappa shape index (κ2) is 8.49. The summed E-state index contributed by atoms with van der Waals surface area (Å²) in [5.74, 6) is -0.264. The Kier molecular flexibility index (Phi) is 5.78. The minimum Gasteiger partial charge on any atom is -0.389 e. The summed E-state index contributed by atoms with van der Waals surface area (Å²) in [6, 6.07) is 6.11. The first kappa shape index (κ1) is 20.4. The Labute approximate surface area is 174 Å². The van der Waals surface area contributed by atoms with Crippen LogP contribution in [0.4, 0.5) is 5.82 Å². The lowest BCUT2D eigenvalue weighted by molar-refractivity contribution is -0.110. The quantitative estimate of drug-likeness (QED) is 0.526. The molecule has 158 valence electrons. The molecule has 2 aliphatic rings. The van der Waals surface area contributed by atoms with E-state index in [1.807, 2.05) is 0 Å². The molecule has 1 N–H and O–H groups in total. The summed E-state index contributed by atoms with van der Waals surface area (Å²) >= 11 is 0. The second-order valence-corrected chi connectivity index (χ2v) is 9.52. The van der Waals surface area contributed by atoms with E-state index in [1.54, 1.807) is 19.1 Å². The minimum atomic E-state index is -3.31. The Morgan fingerprint density at radius 2 is 1.93 bits per heavy atom. The van der Waals surface area contributed by atoms with Crippen molar-refractivity contribution in [2.24, 2.45) is 5.16 Å². The van der Waals surface area contributed by atoms with Gasteiger partial charge in [-0.1, -0.05) is 17.3 Å². The van der Waals surface area contributed by atoms with Crippen molar-refractivity contribution in [2.75, 3.05) is 18.5 Å². The number of nitrogens with zero attached hydrogens (tertiary/aromatic N) is 3. The van der Waals surface area contributed by atoms with Crippen molar-refractivity contribution in [3.63, 3.8) is 0 Å². The lowest BCUT2D eigenvalue weighted by Crippen LogP contribution is -2.26. The zero-order valence-corrected chi connectivity index (χ0v) is 17.3. The van der Waals surface area contributed by atoms with Crippen molar-refractivity contribution in [3.8, 4) is 0 Å². The van der Waals surface area contributed by atoms with E-state index in [0.717, 1.165) is 5.69 Å². The normalized spacial score (nSPS) is 19.5. The maximum atomic E-state index is 12.9. The Balaban J connectivity index is 1.58. The molecule has 1 aliphatic heterocycles. The summed E-state index contributed by atoms with van der Waals surface area (Å²) in [5.41, 5.74) is 1.17. The van der Waals surface area contributed by atoms with Gasteiger partial charge in [-0.15, -0.1) is 0 Å². The van der Waals surface area contributed by atoms with Gasteiger partial charge in [-0.05, 0) is 31.9 Å².